The number of carbonyl (C=O) groups is 1. The lowest BCUT2D eigenvalue weighted by atomic mass is 10.0. The fourth-order valence-electron chi connectivity index (χ4n) is 1.03. The van der Waals surface area contributed by atoms with Gasteiger partial charge in [-0.3, -0.25) is 4.79 Å². The maximum absolute atomic E-state index is 13.2. The lowest BCUT2D eigenvalue weighted by molar-refractivity contribution is -0.144. The second kappa shape index (κ2) is 3.64. The topological polar surface area (TPSA) is 17.1 Å². The summed E-state index contributed by atoms with van der Waals surface area (Å²) >= 11 is 0. The minimum absolute atomic E-state index is 0.151. The molecule has 0 aliphatic heterocycles. The third-order valence-corrected chi connectivity index (χ3v) is 1.81. The van der Waals surface area contributed by atoms with Gasteiger partial charge in [-0.1, -0.05) is 37.3 Å². The van der Waals surface area contributed by atoms with Crippen LogP contribution in [0.3, 0.4) is 0 Å². The first kappa shape index (κ1) is 9.84. The van der Waals surface area contributed by atoms with E-state index in [9.17, 15) is 13.6 Å². The van der Waals surface area contributed by atoms with Crippen molar-refractivity contribution in [3.8, 4) is 0 Å². The number of hydrogen-bond acceptors (Lipinski definition) is 1. The van der Waals surface area contributed by atoms with E-state index in [0.717, 1.165) is 0 Å². The molecule has 0 unspecified atom stereocenters. The van der Waals surface area contributed by atoms with Gasteiger partial charge in [0.05, 0.1) is 0 Å². The van der Waals surface area contributed by atoms with Crippen molar-refractivity contribution in [1.82, 2.24) is 0 Å². The zero-order chi connectivity index (χ0) is 9.90. The molecule has 1 nitrogen and oxygen atoms in total. The molecule has 0 aromatic heterocycles. The minimum atomic E-state index is -3.34. The molecular weight excluding hydrogens is 174 g/mol. The first-order valence-corrected chi connectivity index (χ1v) is 4.05. The Labute approximate surface area is 75.4 Å². The van der Waals surface area contributed by atoms with E-state index in [1.807, 2.05) is 0 Å². The normalized spacial score (nSPS) is 11.3. The number of benzene rings is 1. The van der Waals surface area contributed by atoms with Gasteiger partial charge in [0.15, 0.2) is 0 Å². The molecule has 70 valence electrons. The van der Waals surface area contributed by atoms with E-state index < -0.39 is 11.7 Å². The summed E-state index contributed by atoms with van der Waals surface area (Å²) < 4.78 is 26.4. The van der Waals surface area contributed by atoms with Crippen LogP contribution >= 0.6 is 0 Å². The van der Waals surface area contributed by atoms with Crippen molar-refractivity contribution in [3.63, 3.8) is 0 Å². The summed E-state index contributed by atoms with van der Waals surface area (Å²) in [6, 6.07) is 7.13. The maximum Gasteiger partial charge on any atom is 0.330 e. The Morgan fingerprint density at radius 2 is 1.85 bits per heavy atom. The van der Waals surface area contributed by atoms with Crippen LogP contribution in [0.1, 0.15) is 18.9 Å². The largest absolute Gasteiger partial charge is 0.330 e. The Morgan fingerprint density at radius 3 is 2.31 bits per heavy atom. The Hall–Kier alpha value is -1.25. The number of Topliss-reactive ketones (excluding diaryl/α,β-unsaturated/α-hetero) is 1. The molecule has 0 fully saturated rings. The average Bonchev–Trinajstić information content (AvgIpc) is 2.18. The zero-order valence-electron chi connectivity index (χ0n) is 7.26. The molecule has 1 aromatic rings. The van der Waals surface area contributed by atoms with Gasteiger partial charge < -0.3 is 0 Å². The van der Waals surface area contributed by atoms with E-state index in [4.69, 9.17) is 0 Å². The van der Waals surface area contributed by atoms with Crippen LogP contribution in [0, 0.1) is 0 Å². The average molecular weight is 184 g/mol. The van der Waals surface area contributed by atoms with Gasteiger partial charge in [-0.25, -0.2) is 0 Å². The van der Waals surface area contributed by atoms with Crippen molar-refractivity contribution in [1.29, 1.82) is 0 Å². The van der Waals surface area contributed by atoms with Crippen molar-refractivity contribution in [2.45, 2.75) is 19.3 Å². The quantitative estimate of drug-likeness (QED) is 0.705. The van der Waals surface area contributed by atoms with Crippen LogP contribution in [0.25, 0.3) is 0 Å². The van der Waals surface area contributed by atoms with Crippen LogP contribution in [0.5, 0.6) is 0 Å². The van der Waals surface area contributed by atoms with Crippen LogP contribution in [-0.4, -0.2) is 5.78 Å². The van der Waals surface area contributed by atoms with Crippen LogP contribution in [0.15, 0.2) is 30.3 Å². The molecule has 13 heavy (non-hydrogen) atoms. The Kier molecular flexibility index (Phi) is 2.76. The maximum atomic E-state index is 13.2. The van der Waals surface area contributed by atoms with Crippen LogP contribution in [0.2, 0.25) is 0 Å². The van der Waals surface area contributed by atoms with Crippen molar-refractivity contribution >= 4 is 5.78 Å². The molecule has 0 aliphatic carbocycles. The predicted octanol–water partition coefficient (Wildman–Crippen LogP) is 2.76. The molecule has 0 heterocycles. The summed E-state index contributed by atoms with van der Waals surface area (Å²) in [5, 5.41) is 0. The fraction of sp³-hybridized carbons (Fsp3) is 0.300. The van der Waals surface area contributed by atoms with Crippen molar-refractivity contribution in [3.05, 3.63) is 35.9 Å². The van der Waals surface area contributed by atoms with Gasteiger partial charge in [0, 0.05) is 12.0 Å². The summed E-state index contributed by atoms with van der Waals surface area (Å²) in [5.41, 5.74) is -0.234. The fourth-order valence-corrected chi connectivity index (χ4v) is 1.03. The van der Waals surface area contributed by atoms with Gasteiger partial charge in [0.1, 0.15) is 0 Å². The molecular formula is C10H10F2O. The van der Waals surface area contributed by atoms with Gasteiger partial charge in [0.2, 0.25) is 5.78 Å². The molecule has 0 saturated heterocycles. The van der Waals surface area contributed by atoms with Crippen molar-refractivity contribution in [2.24, 2.45) is 0 Å². The lowest BCUT2D eigenvalue weighted by Gasteiger charge is -2.13. The standard InChI is InChI=1S/C10H10F2O/c1-2-9(13)10(11,12)8-6-4-3-5-7-8/h3-7H,2H2,1H3. The monoisotopic (exact) mass is 184 g/mol. The van der Waals surface area contributed by atoms with Crippen molar-refractivity contribution < 1.29 is 13.6 Å². The molecule has 0 aliphatic rings. The van der Waals surface area contributed by atoms with Crippen LogP contribution in [-0.2, 0) is 10.7 Å². The highest BCUT2D eigenvalue weighted by Gasteiger charge is 2.38. The molecule has 1 aromatic carbocycles. The molecule has 0 amide bonds. The molecule has 0 N–H and O–H groups in total. The molecule has 0 bridgehead atoms. The Bertz CT molecular complexity index is 293. The summed E-state index contributed by atoms with van der Waals surface area (Å²) in [6.45, 7) is 1.43. The van der Waals surface area contributed by atoms with E-state index >= 15 is 0 Å². The van der Waals surface area contributed by atoms with Gasteiger partial charge in [-0.05, 0) is 0 Å². The third-order valence-electron chi connectivity index (χ3n) is 1.81. The summed E-state index contributed by atoms with van der Waals surface area (Å²) in [7, 11) is 0. The van der Waals surface area contributed by atoms with Crippen molar-refractivity contribution in [2.75, 3.05) is 0 Å². The predicted molar refractivity (Wildman–Crippen MR) is 45.6 cm³/mol. The van der Waals surface area contributed by atoms with Crippen LogP contribution in [0.4, 0.5) is 8.78 Å². The van der Waals surface area contributed by atoms with E-state index in [1.54, 1.807) is 6.07 Å². The van der Waals surface area contributed by atoms with Gasteiger partial charge in [-0.2, -0.15) is 8.78 Å². The third kappa shape index (κ3) is 1.91. The number of halogens is 2. The van der Waals surface area contributed by atoms with Gasteiger partial charge in [0.25, 0.3) is 0 Å². The van der Waals surface area contributed by atoms with E-state index in [2.05, 4.69) is 0 Å². The Morgan fingerprint density at radius 1 is 1.31 bits per heavy atom. The highest BCUT2D eigenvalue weighted by atomic mass is 19.3. The van der Waals surface area contributed by atoms with E-state index in [1.165, 1.54) is 31.2 Å². The highest BCUT2D eigenvalue weighted by molar-refractivity contribution is 5.86. The molecule has 0 atom stereocenters. The highest BCUT2D eigenvalue weighted by Crippen LogP contribution is 2.29. The van der Waals surface area contributed by atoms with Gasteiger partial charge in [-0.15, -0.1) is 0 Å². The van der Waals surface area contributed by atoms with E-state index in [0.29, 0.717) is 0 Å². The Balaban J connectivity index is 3.00. The second-order valence-corrected chi connectivity index (χ2v) is 2.72. The zero-order valence-corrected chi connectivity index (χ0v) is 7.26. The number of hydrogen-bond donors (Lipinski definition) is 0. The smallest absolute Gasteiger partial charge is 0.293 e. The molecule has 3 heteroatoms. The second-order valence-electron chi connectivity index (χ2n) is 2.72. The first-order valence-electron chi connectivity index (χ1n) is 4.05. The minimum Gasteiger partial charge on any atom is -0.293 e. The lowest BCUT2D eigenvalue weighted by Crippen LogP contribution is -2.24. The number of ketones is 1. The summed E-state index contributed by atoms with van der Waals surface area (Å²) in [6.07, 6.45) is -0.151. The molecule has 0 saturated carbocycles. The SMILES string of the molecule is CCC(=O)C(F)(F)c1ccccc1. The summed E-state index contributed by atoms with van der Waals surface area (Å²) in [4.78, 5) is 10.9. The molecule has 1 rings (SSSR count). The molecule has 0 spiro atoms. The summed E-state index contributed by atoms with van der Waals surface area (Å²) in [5.74, 6) is -4.38. The van der Waals surface area contributed by atoms with Gasteiger partial charge >= 0.3 is 5.92 Å². The van der Waals surface area contributed by atoms with E-state index in [-0.39, 0.29) is 12.0 Å². The molecule has 0 radical (unpaired) electrons. The number of alkyl halides is 2. The number of rotatable bonds is 3. The number of carbonyl (C=O) groups excluding carboxylic acids is 1. The first-order chi connectivity index (χ1) is 6.09. The van der Waals surface area contributed by atoms with Crippen LogP contribution < -0.4 is 0 Å².